The monoisotopic (exact) mass is 275 g/mol. The molecule has 0 saturated carbocycles. The van der Waals surface area contributed by atoms with Crippen LogP contribution in [0.2, 0.25) is 0 Å². The van der Waals surface area contributed by atoms with Crippen molar-refractivity contribution in [1.29, 1.82) is 0 Å². The highest BCUT2D eigenvalue weighted by Gasteiger charge is 2.56. The summed E-state index contributed by atoms with van der Waals surface area (Å²) in [7, 11) is 1.64. The Bertz CT molecular complexity index is 577. The largest absolute Gasteiger partial charge is 0.497 e. The van der Waals surface area contributed by atoms with E-state index in [2.05, 4.69) is 6.07 Å². The summed E-state index contributed by atoms with van der Waals surface area (Å²) in [6.45, 7) is 8.01. The quantitative estimate of drug-likeness (QED) is 0.791. The van der Waals surface area contributed by atoms with E-state index in [1.807, 2.05) is 44.7 Å². The molecule has 2 aliphatic heterocycles. The summed E-state index contributed by atoms with van der Waals surface area (Å²) in [6.07, 6.45) is 0.409. The lowest BCUT2D eigenvalue weighted by atomic mass is 9.84. The lowest BCUT2D eigenvalue weighted by Gasteiger charge is -2.39. The molecule has 2 heterocycles. The Morgan fingerprint density at radius 3 is 2.65 bits per heavy atom. The van der Waals surface area contributed by atoms with E-state index in [1.54, 1.807) is 7.11 Å². The lowest BCUT2D eigenvalue weighted by Crippen LogP contribution is -2.48. The van der Waals surface area contributed by atoms with Crippen LogP contribution in [0, 0.1) is 0 Å². The van der Waals surface area contributed by atoms with Gasteiger partial charge in [-0.3, -0.25) is 4.79 Å². The van der Waals surface area contributed by atoms with Gasteiger partial charge in [-0.1, -0.05) is 6.07 Å². The predicted molar refractivity (Wildman–Crippen MR) is 75.5 cm³/mol. The van der Waals surface area contributed by atoms with Crippen LogP contribution in [0.1, 0.15) is 44.9 Å². The number of carbonyl (C=O) groups excluding carboxylic acids is 1. The summed E-state index contributed by atoms with van der Waals surface area (Å²) in [5, 5.41) is 0. The predicted octanol–water partition coefficient (Wildman–Crippen LogP) is 2.67. The number of hydrogen-bond acceptors (Lipinski definition) is 3. The van der Waals surface area contributed by atoms with Crippen LogP contribution in [-0.4, -0.2) is 29.2 Å². The minimum Gasteiger partial charge on any atom is -0.497 e. The summed E-state index contributed by atoms with van der Waals surface area (Å²) < 4.78 is 11.4. The molecule has 108 valence electrons. The molecule has 0 bridgehead atoms. The fourth-order valence-electron chi connectivity index (χ4n) is 3.71. The molecule has 0 spiro atoms. The molecule has 20 heavy (non-hydrogen) atoms. The van der Waals surface area contributed by atoms with Crippen LogP contribution in [-0.2, 0) is 16.0 Å². The van der Waals surface area contributed by atoms with E-state index in [0.717, 1.165) is 11.3 Å². The molecule has 0 N–H and O–H groups in total. The van der Waals surface area contributed by atoms with Crippen molar-refractivity contribution in [3.8, 4) is 5.75 Å². The van der Waals surface area contributed by atoms with E-state index in [4.69, 9.17) is 9.47 Å². The van der Waals surface area contributed by atoms with Gasteiger partial charge in [0.1, 0.15) is 11.5 Å². The summed E-state index contributed by atoms with van der Waals surface area (Å²) in [5.74, 6) is 0.910. The average Bonchev–Trinajstić information content (AvgIpc) is 2.54. The zero-order valence-electron chi connectivity index (χ0n) is 12.7. The van der Waals surface area contributed by atoms with Crippen molar-refractivity contribution in [1.82, 2.24) is 4.90 Å². The van der Waals surface area contributed by atoms with Crippen LogP contribution < -0.4 is 4.74 Å². The third kappa shape index (κ3) is 1.74. The third-order valence-corrected chi connectivity index (χ3v) is 4.26. The molecule has 0 unspecified atom stereocenters. The fourth-order valence-corrected chi connectivity index (χ4v) is 3.71. The Balaban J connectivity index is 2.16. The Morgan fingerprint density at radius 2 is 2.00 bits per heavy atom. The maximum Gasteiger partial charge on any atom is 0.229 e. The van der Waals surface area contributed by atoms with Gasteiger partial charge >= 0.3 is 0 Å². The number of benzene rings is 1. The van der Waals surface area contributed by atoms with E-state index in [0.29, 0.717) is 6.42 Å². The first-order valence-electron chi connectivity index (χ1n) is 6.95. The second-order valence-corrected chi connectivity index (χ2v) is 6.56. The zero-order chi connectivity index (χ0) is 14.7. The molecule has 0 aromatic heterocycles. The molecule has 0 aliphatic carbocycles. The molecule has 0 radical (unpaired) electrons. The molecular weight excluding hydrogens is 254 g/mol. The number of carbonyl (C=O) groups is 1. The van der Waals surface area contributed by atoms with Crippen LogP contribution >= 0.6 is 0 Å². The number of hydrogen-bond donors (Lipinski definition) is 0. The van der Waals surface area contributed by atoms with Crippen LogP contribution in [0.15, 0.2) is 18.2 Å². The van der Waals surface area contributed by atoms with E-state index in [9.17, 15) is 4.79 Å². The van der Waals surface area contributed by atoms with Gasteiger partial charge in [-0.15, -0.1) is 0 Å². The van der Waals surface area contributed by atoms with E-state index in [1.165, 1.54) is 5.56 Å². The first-order chi connectivity index (χ1) is 9.26. The Kier molecular flexibility index (Phi) is 2.67. The van der Waals surface area contributed by atoms with Gasteiger partial charge in [-0.2, -0.15) is 0 Å². The Labute approximate surface area is 119 Å². The van der Waals surface area contributed by atoms with E-state index in [-0.39, 0.29) is 11.9 Å². The molecule has 1 fully saturated rings. The van der Waals surface area contributed by atoms with E-state index >= 15 is 0 Å². The van der Waals surface area contributed by atoms with Crippen molar-refractivity contribution in [2.24, 2.45) is 0 Å². The molecule has 3 rings (SSSR count). The van der Waals surface area contributed by atoms with Crippen molar-refractivity contribution < 1.29 is 14.3 Å². The van der Waals surface area contributed by atoms with Gasteiger partial charge in [0.15, 0.2) is 0 Å². The van der Waals surface area contributed by atoms with Crippen LogP contribution in [0.25, 0.3) is 0 Å². The van der Waals surface area contributed by atoms with Crippen LogP contribution in [0.3, 0.4) is 0 Å². The fraction of sp³-hybridized carbons (Fsp3) is 0.562. The number of methoxy groups -OCH3 is 1. The molecule has 1 aromatic rings. The standard InChI is InChI=1S/C16H21NO3/c1-15(2)14-12-7-6-11(19-5)8-10(12)9-13(18)17(14)16(3,4)20-15/h6-8,14H,9H2,1-5H3/t14-/m0/s1. The van der Waals surface area contributed by atoms with Gasteiger partial charge in [0, 0.05) is 0 Å². The maximum absolute atomic E-state index is 12.5. The number of fused-ring (bicyclic) bond motifs is 3. The van der Waals surface area contributed by atoms with Crippen molar-refractivity contribution in [3.05, 3.63) is 29.3 Å². The van der Waals surface area contributed by atoms with Gasteiger partial charge in [-0.25, -0.2) is 0 Å². The number of rotatable bonds is 1. The highest BCUT2D eigenvalue weighted by Crippen LogP contribution is 2.51. The number of nitrogens with zero attached hydrogens (tertiary/aromatic N) is 1. The summed E-state index contributed by atoms with van der Waals surface area (Å²) in [5.41, 5.74) is 1.25. The van der Waals surface area contributed by atoms with E-state index < -0.39 is 11.3 Å². The molecule has 4 heteroatoms. The highest BCUT2D eigenvalue weighted by molar-refractivity contribution is 5.83. The Morgan fingerprint density at radius 1 is 1.30 bits per heavy atom. The summed E-state index contributed by atoms with van der Waals surface area (Å²) >= 11 is 0. The first kappa shape index (κ1) is 13.4. The lowest BCUT2D eigenvalue weighted by molar-refractivity contribution is -0.149. The van der Waals surface area contributed by atoms with Crippen LogP contribution in [0.5, 0.6) is 5.75 Å². The SMILES string of the molecule is COc1ccc2c(c1)CC(=O)N1[C@@H]2C(C)(C)OC1(C)C. The van der Waals surface area contributed by atoms with Gasteiger partial charge in [0.05, 0.1) is 25.2 Å². The molecule has 2 aliphatic rings. The Hall–Kier alpha value is -1.55. The van der Waals surface area contributed by atoms with Crippen molar-refractivity contribution in [3.63, 3.8) is 0 Å². The minimum absolute atomic E-state index is 0.0420. The molecule has 1 saturated heterocycles. The number of ether oxygens (including phenoxy) is 2. The number of amides is 1. The van der Waals surface area contributed by atoms with Gasteiger partial charge < -0.3 is 14.4 Å². The van der Waals surface area contributed by atoms with Gasteiger partial charge in [-0.05, 0) is 51.0 Å². The van der Waals surface area contributed by atoms with Gasteiger partial charge in [0.2, 0.25) is 5.91 Å². The average molecular weight is 275 g/mol. The second-order valence-electron chi connectivity index (χ2n) is 6.56. The first-order valence-corrected chi connectivity index (χ1v) is 6.95. The zero-order valence-corrected chi connectivity index (χ0v) is 12.7. The van der Waals surface area contributed by atoms with Crippen molar-refractivity contribution in [2.75, 3.05) is 7.11 Å². The van der Waals surface area contributed by atoms with Crippen molar-refractivity contribution >= 4 is 5.91 Å². The highest BCUT2D eigenvalue weighted by atomic mass is 16.6. The maximum atomic E-state index is 12.5. The molecular formula is C16H21NO3. The molecule has 1 amide bonds. The molecule has 1 atom stereocenters. The van der Waals surface area contributed by atoms with Gasteiger partial charge in [0.25, 0.3) is 0 Å². The summed E-state index contributed by atoms with van der Waals surface area (Å²) in [4.78, 5) is 14.4. The second kappa shape index (κ2) is 3.98. The topological polar surface area (TPSA) is 38.8 Å². The van der Waals surface area contributed by atoms with Crippen LogP contribution in [0.4, 0.5) is 0 Å². The summed E-state index contributed by atoms with van der Waals surface area (Å²) in [6, 6.07) is 5.94. The molecule has 4 nitrogen and oxygen atoms in total. The normalized spacial score (nSPS) is 26.1. The smallest absolute Gasteiger partial charge is 0.229 e. The van der Waals surface area contributed by atoms with Crippen molar-refractivity contribution in [2.45, 2.75) is 51.5 Å². The molecule has 1 aromatic carbocycles. The minimum atomic E-state index is -0.567. The third-order valence-electron chi connectivity index (χ3n) is 4.26.